The standard InChI is InChI=1S/C15H17N3O.ClH/c1-2-3-6-9-16-15-14-13(17-10-18-15)11-7-4-5-8-12(11)19-14;/h4-5,7-8,10H,2-3,6,9H2,1H3,(H,16,17,18);1H. The number of furan rings is 1. The number of rotatable bonds is 5. The number of halogens is 1. The number of nitrogens with zero attached hydrogens (tertiary/aromatic N) is 2. The molecular weight excluding hydrogens is 274 g/mol. The summed E-state index contributed by atoms with van der Waals surface area (Å²) < 4.78 is 5.88. The second kappa shape index (κ2) is 6.68. The van der Waals surface area contributed by atoms with Gasteiger partial charge in [-0.2, -0.15) is 4.98 Å². The van der Waals surface area contributed by atoms with Gasteiger partial charge in [0.05, 0.1) is 6.54 Å². The van der Waals surface area contributed by atoms with Crippen LogP contribution in [0, 0.1) is 0 Å². The van der Waals surface area contributed by atoms with Crippen molar-refractivity contribution in [1.29, 1.82) is 0 Å². The summed E-state index contributed by atoms with van der Waals surface area (Å²) in [4.78, 5) is 8.69. The monoisotopic (exact) mass is 291 g/mol. The summed E-state index contributed by atoms with van der Waals surface area (Å²) in [5.74, 6) is 0.914. The van der Waals surface area contributed by atoms with E-state index in [0.717, 1.165) is 34.4 Å². The predicted octanol–water partition coefficient (Wildman–Crippen LogP) is -0.235. The molecule has 0 saturated heterocycles. The maximum atomic E-state index is 5.88. The van der Waals surface area contributed by atoms with Gasteiger partial charge >= 0.3 is 0 Å². The third kappa shape index (κ3) is 2.76. The van der Waals surface area contributed by atoms with Gasteiger partial charge in [-0.3, -0.25) is 5.32 Å². The van der Waals surface area contributed by atoms with E-state index in [1.54, 1.807) is 6.33 Å². The van der Waals surface area contributed by atoms with E-state index in [2.05, 4.69) is 22.2 Å². The molecule has 0 bridgehead atoms. The van der Waals surface area contributed by atoms with E-state index in [4.69, 9.17) is 4.42 Å². The third-order valence-electron chi connectivity index (χ3n) is 3.33. The molecule has 0 saturated carbocycles. The average Bonchev–Trinajstić information content (AvgIpc) is 2.83. The van der Waals surface area contributed by atoms with Gasteiger partial charge in [0.1, 0.15) is 17.4 Å². The summed E-state index contributed by atoms with van der Waals surface area (Å²) >= 11 is 0. The normalized spacial score (nSPS) is 10.8. The van der Waals surface area contributed by atoms with Crippen molar-refractivity contribution in [3.8, 4) is 0 Å². The Bertz CT molecular complexity index is 696. The van der Waals surface area contributed by atoms with E-state index in [9.17, 15) is 0 Å². The zero-order chi connectivity index (χ0) is 13.1. The smallest absolute Gasteiger partial charge is 0.271 e. The van der Waals surface area contributed by atoms with Crippen LogP contribution in [0.4, 0.5) is 5.82 Å². The molecule has 0 aliphatic heterocycles. The molecule has 2 N–H and O–H groups in total. The minimum absolute atomic E-state index is 0. The van der Waals surface area contributed by atoms with Crippen molar-refractivity contribution in [3.63, 3.8) is 0 Å². The molecule has 1 aromatic carbocycles. The first kappa shape index (κ1) is 14.8. The lowest BCUT2D eigenvalue weighted by Crippen LogP contribution is -3.00. The lowest BCUT2D eigenvalue weighted by molar-refractivity contribution is -0.574. The van der Waals surface area contributed by atoms with Crippen LogP contribution in [0.15, 0.2) is 35.0 Å². The molecule has 3 aromatic rings. The number of hydrogen-bond acceptors (Lipinski definition) is 3. The molecule has 4 nitrogen and oxygen atoms in total. The van der Waals surface area contributed by atoms with E-state index < -0.39 is 0 Å². The van der Waals surface area contributed by atoms with Crippen molar-refractivity contribution in [2.24, 2.45) is 0 Å². The highest BCUT2D eigenvalue weighted by molar-refractivity contribution is 6.04. The topological polar surface area (TPSA) is 55.5 Å². The van der Waals surface area contributed by atoms with Crippen LogP contribution in [0.2, 0.25) is 0 Å². The number of unbranched alkanes of at least 4 members (excludes halogenated alkanes) is 2. The Hall–Kier alpha value is -1.65. The molecule has 0 amide bonds. The van der Waals surface area contributed by atoms with Crippen molar-refractivity contribution in [2.45, 2.75) is 26.2 Å². The molecule has 3 rings (SSSR count). The van der Waals surface area contributed by atoms with Gasteiger partial charge in [0, 0.05) is 5.39 Å². The van der Waals surface area contributed by atoms with Gasteiger partial charge in [-0.05, 0) is 25.0 Å². The maximum Gasteiger partial charge on any atom is 0.271 e. The molecule has 106 valence electrons. The second-order valence-electron chi connectivity index (χ2n) is 4.73. The van der Waals surface area contributed by atoms with E-state index in [1.807, 2.05) is 24.3 Å². The molecule has 2 heterocycles. The van der Waals surface area contributed by atoms with E-state index >= 15 is 0 Å². The van der Waals surface area contributed by atoms with Crippen LogP contribution < -0.4 is 17.7 Å². The Morgan fingerprint density at radius 3 is 2.85 bits per heavy atom. The maximum absolute atomic E-state index is 5.88. The Morgan fingerprint density at radius 2 is 2.00 bits per heavy atom. The largest absolute Gasteiger partial charge is 1.00 e. The van der Waals surface area contributed by atoms with Gasteiger partial charge < -0.3 is 16.8 Å². The highest BCUT2D eigenvalue weighted by Crippen LogP contribution is 2.28. The molecule has 2 aromatic heterocycles. The number of hydrogen-bond donors (Lipinski definition) is 1. The first-order valence-corrected chi connectivity index (χ1v) is 6.85. The minimum Gasteiger partial charge on any atom is -1.00 e. The molecule has 0 aliphatic carbocycles. The van der Waals surface area contributed by atoms with Gasteiger partial charge in [-0.25, -0.2) is 4.98 Å². The number of benzene rings is 1. The SMILES string of the molecule is CCCCC[NH2+]c1ncnc2c1oc1ccccc12.[Cl-]. The number of aromatic nitrogens is 2. The first-order valence-electron chi connectivity index (χ1n) is 6.85. The summed E-state index contributed by atoms with van der Waals surface area (Å²) in [7, 11) is 0. The zero-order valence-electron chi connectivity index (χ0n) is 11.5. The fourth-order valence-electron chi connectivity index (χ4n) is 2.32. The van der Waals surface area contributed by atoms with Crippen molar-refractivity contribution in [3.05, 3.63) is 30.6 Å². The molecule has 0 unspecified atom stereocenters. The lowest BCUT2D eigenvalue weighted by atomic mass is 10.2. The minimum atomic E-state index is 0. The van der Waals surface area contributed by atoms with E-state index in [0.29, 0.717) is 0 Å². The van der Waals surface area contributed by atoms with Crippen molar-refractivity contribution >= 4 is 27.9 Å². The molecular formula is C15H18ClN3O. The van der Waals surface area contributed by atoms with Gasteiger partial charge in [0.2, 0.25) is 5.58 Å². The summed E-state index contributed by atoms with van der Waals surface area (Å²) in [6, 6.07) is 7.99. The molecule has 0 aliphatic rings. The van der Waals surface area contributed by atoms with Gasteiger partial charge in [0.25, 0.3) is 5.82 Å². The van der Waals surface area contributed by atoms with Gasteiger partial charge in [-0.1, -0.05) is 25.5 Å². The quantitative estimate of drug-likeness (QED) is 0.661. The number of fused-ring (bicyclic) bond motifs is 3. The third-order valence-corrected chi connectivity index (χ3v) is 3.33. The summed E-state index contributed by atoms with van der Waals surface area (Å²) in [5.41, 5.74) is 2.59. The van der Waals surface area contributed by atoms with Crippen LogP contribution in [0.25, 0.3) is 22.1 Å². The van der Waals surface area contributed by atoms with Gasteiger partial charge in [-0.15, -0.1) is 0 Å². The molecule has 5 heteroatoms. The highest BCUT2D eigenvalue weighted by atomic mass is 35.5. The molecule has 0 radical (unpaired) electrons. The van der Waals surface area contributed by atoms with Crippen molar-refractivity contribution in [2.75, 3.05) is 6.54 Å². The zero-order valence-corrected chi connectivity index (χ0v) is 12.2. The molecule has 20 heavy (non-hydrogen) atoms. The second-order valence-corrected chi connectivity index (χ2v) is 4.73. The predicted molar refractivity (Wildman–Crippen MR) is 75.3 cm³/mol. The van der Waals surface area contributed by atoms with Crippen molar-refractivity contribution < 1.29 is 22.1 Å². The van der Waals surface area contributed by atoms with Crippen molar-refractivity contribution in [1.82, 2.24) is 9.97 Å². The van der Waals surface area contributed by atoms with Crippen LogP contribution in [0.1, 0.15) is 26.2 Å². The van der Waals surface area contributed by atoms with Crippen LogP contribution in [0.3, 0.4) is 0 Å². The molecule has 0 spiro atoms. The Labute approximate surface area is 124 Å². The Kier molecular flexibility index (Phi) is 4.93. The highest BCUT2D eigenvalue weighted by Gasteiger charge is 2.14. The van der Waals surface area contributed by atoms with Gasteiger partial charge in [0.15, 0.2) is 0 Å². The number of para-hydroxylation sites is 1. The van der Waals surface area contributed by atoms with Crippen LogP contribution in [-0.4, -0.2) is 16.5 Å². The van der Waals surface area contributed by atoms with E-state index in [-0.39, 0.29) is 12.4 Å². The summed E-state index contributed by atoms with van der Waals surface area (Å²) in [6.07, 6.45) is 5.31. The lowest BCUT2D eigenvalue weighted by Gasteiger charge is -1.99. The fraction of sp³-hybridized carbons (Fsp3) is 0.333. The van der Waals surface area contributed by atoms with Crippen LogP contribution in [0.5, 0.6) is 0 Å². The summed E-state index contributed by atoms with van der Waals surface area (Å²) in [6.45, 7) is 3.25. The van der Waals surface area contributed by atoms with Crippen LogP contribution in [-0.2, 0) is 0 Å². The molecule has 0 atom stereocenters. The summed E-state index contributed by atoms with van der Waals surface area (Å²) in [5, 5.41) is 3.21. The van der Waals surface area contributed by atoms with E-state index in [1.165, 1.54) is 19.3 Å². The number of quaternary nitrogens is 1. The average molecular weight is 292 g/mol. The number of nitrogens with two attached hydrogens (primary N) is 1. The van der Waals surface area contributed by atoms with Crippen LogP contribution >= 0.6 is 0 Å². The first-order chi connectivity index (χ1) is 9.40. The Balaban J connectivity index is 0.00000147. The Morgan fingerprint density at radius 1 is 1.15 bits per heavy atom. The molecule has 0 fully saturated rings. The fourth-order valence-corrected chi connectivity index (χ4v) is 2.32.